The fourth-order valence-corrected chi connectivity index (χ4v) is 4.06. The quantitative estimate of drug-likeness (QED) is 0.825. The number of halogens is 1. The molecule has 0 saturated heterocycles. The summed E-state index contributed by atoms with van der Waals surface area (Å²) in [7, 11) is 1.74. The Morgan fingerprint density at radius 1 is 1.29 bits per heavy atom. The van der Waals surface area contributed by atoms with E-state index >= 15 is 0 Å². The van der Waals surface area contributed by atoms with E-state index < -0.39 is 0 Å². The van der Waals surface area contributed by atoms with Gasteiger partial charge in [-0.05, 0) is 48.9 Å². The first-order valence-electron chi connectivity index (χ1n) is 7.83. The van der Waals surface area contributed by atoms with Crippen molar-refractivity contribution in [2.24, 2.45) is 11.3 Å². The molecule has 0 unspecified atom stereocenters. The summed E-state index contributed by atoms with van der Waals surface area (Å²) in [5.41, 5.74) is 1.80. The predicted octanol–water partition coefficient (Wildman–Crippen LogP) is 4.65. The first-order valence-corrected chi connectivity index (χ1v) is 8.21. The number of benzene rings is 1. The fraction of sp³-hybridized carbons (Fsp3) is 0.667. The topological polar surface area (TPSA) is 21.3 Å². The molecule has 0 atom stereocenters. The van der Waals surface area contributed by atoms with Crippen LogP contribution in [-0.2, 0) is 5.41 Å². The molecule has 3 heteroatoms. The highest BCUT2D eigenvalue weighted by molar-refractivity contribution is 6.30. The van der Waals surface area contributed by atoms with E-state index in [9.17, 15) is 0 Å². The van der Waals surface area contributed by atoms with Gasteiger partial charge in [0.2, 0.25) is 0 Å². The summed E-state index contributed by atoms with van der Waals surface area (Å²) in [6, 6.07) is 5.99. The summed E-state index contributed by atoms with van der Waals surface area (Å²) < 4.78 is 5.59. The van der Waals surface area contributed by atoms with Gasteiger partial charge in [-0.25, -0.2) is 0 Å². The van der Waals surface area contributed by atoms with Crippen molar-refractivity contribution in [1.29, 1.82) is 0 Å². The maximum Gasteiger partial charge on any atom is 0.122 e. The third-order valence-electron chi connectivity index (χ3n) is 4.38. The number of ether oxygens (including phenoxy) is 1. The van der Waals surface area contributed by atoms with Crippen molar-refractivity contribution >= 4 is 11.6 Å². The Morgan fingerprint density at radius 2 is 1.95 bits per heavy atom. The number of hydrogen-bond donors (Lipinski definition) is 1. The molecule has 1 saturated carbocycles. The second-order valence-electron chi connectivity index (χ2n) is 7.67. The zero-order chi connectivity index (χ0) is 15.7. The Kier molecular flexibility index (Phi) is 4.89. The molecule has 2 rings (SSSR count). The fourth-order valence-electron chi connectivity index (χ4n) is 3.89. The van der Waals surface area contributed by atoms with Crippen LogP contribution in [0.3, 0.4) is 0 Å². The number of methoxy groups -OCH3 is 1. The maximum absolute atomic E-state index is 6.24. The largest absolute Gasteiger partial charge is 0.496 e. The van der Waals surface area contributed by atoms with Crippen LogP contribution < -0.4 is 10.1 Å². The molecule has 0 spiro atoms. The lowest BCUT2D eigenvalue weighted by Gasteiger charge is -2.54. The van der Waals surface area contributed by atoms with Crippen molar-refractivity contribution in [2.75, 3.05) is 20.2 Å². The van der Waals surface area contributed by atoms with Gasteiger partial charge in [0.05, 0.1) is 7.11 Å². The van der Waals surface area contributed by atoms with E-state index in [-0.39, 0.29) is 5.41 Å². The highest BCUT2D eigenvalue weighted by atomic mass is 35.5. The van der Waals surface area contributed by atoms with Crippen LogP contribution in [0.15, 0.2) is 18.2 Å². The average Bonchev–Trinajstić information content (AvgIpc) is 2.35. The van der Waals surface area contributed by atoms with E-state index in [2.05, 4.69) is 39.1 Å². The van der Waals surface area contributed by atoms with Crippen LogP contribution in [0.2, 0.25) is 5.02 Å². The van der Waals surface area contributed by atoms with Gasteiger partial charge in [-0.15, -0.1) is 0 Å². The molecule has 1 aliphatic rings. The van der Waals surface area contributed by atoms with E-state index in [0.29, 0.717) is 11.3 Å². The molecule has 1 aromatic rings. The minimum Gasteiger partial charge on any atom is -0.496 e. The molecule has 1 fully saturated rings. The molecule has 0 heterocycles. The van der Waals surface area contributed by atoms with E-state index in [4.69, 9.17) is 16.3 Å². The third-order valence-corrected chi connectivity index (χ3v) is 4.62. The third kappa shape index (κ3) is 3.73. The molecule has 0 aromatic heterocycles. The molecule has 1 aliphatic carbocycles. The first-order chi connectivity index (χ1) is 9.78. The molecule has 0 amide bonds. The molecule has 0 bridgehead atoms. The van der Waals surface area contributed by atoms with Crippen molar-refractivity contribution in [1.82, 2.24) is 5.32 Å². The highest BCUT2D eigenvalue weighted by Gasteiger charge is 2.51. The van der Waals surface area contributed by atoms with Crippen LogP contribution in [0, 0.1) is 11.3 Å². The van der Waals surface area contributed by atoms with Crippen LogP contribution in [0.5, 0.6) is 5.75 Å². The molecule has 1 N–H and O–H groups in total. The highest BCUT2D eigenvalue weighted by Crippen LogP contribution is 2.57. The summed E-state index contributed by atoms with van der Waals surface area (Å²) in [5.74, 6) is 1.62. The summed E-state index contributed by atoms with van der Waals surface area (Å²) in [6.07, 6.45) is 2.34. The van der Waals surface area contributed by atoms with E-state index in [1.807, 2.05) is 12.1 Å². The van der Waals surface area contributed by atoms with Gasteiger partial charge in [-0.1, -0.05) is 39.3 Å². The average molecular weight is 310 g/mol. The maximum atomic E-state index is 6.24. The van der Waals surface area contributed by atoms with Crippen LogP contribution in [0.1, 0.15) is 46.1 Å². The van der Waals surface area contributed by atoms with Gasteiger partial charge < -0.3 is 10.1 Å². The smallest absolute Gasteiger partial charge is 0.122 e. The summed E-state index contributed by atoms with van der Waals surface area (Å²) >= 11 is 6.24. The normalized spacial score (nSPS) is 19.4. The van der Waals surface area contributed by atoms with Crippen LogP contribution in [0.4, 0.5) is 0 Å². The molecule has 21 heavy (non-hydrogen) atoms. The van der Waals surface area contributed by atoms with E-state index in [0.717, 1.165) is 23.9 Å². The second kappa shape index (κ2) is 6.18. The monoisotopic (exact) mass is 309 g/mol. The van der Waals surface area contributed by atoms with Crippen LogP contribution in [0.25, 0.3) is 0 Å². The summed E-state index contributed by atoms with van der Waals surface area (Å²) in [4.78, 5) is 0. The lowest BCUT2D eigenvalue weighted by Crippen LogP contribution is -2.53. The van der Waals surface area contributed by atoms with Gasteiger partial charge in [0.15, 0.2) is 0 Å². The van der Waals surface area contributed by atoms with Crippen molar-refractivity contribution in [2.45, 2.75) is 46.0 Å². The summed E-state index contributed by atoms with van der Waals surface area (Å²) in [6.45, 7) is 11.2. The van der Waals surface area contributed by atoms with Gasteiger partial charge in [0.25, 0.3) is 0 Å². The van der Waals surface area contributed by atoms with E-state index in [1.165, 1.54) is 18.4 Å². The molecule has 118 valence electrons. The molecule has 1 aromatic carbocycles. The van der Waals surface area contributed by atoms with Crippen molar-refractivity contribution in [3.63, 3.8) is 0 Å². The van der Waals surface area contributed by atoms with Gasteiger partial charge in [0, 0.05) is 22.5 Å². The van der Waals surface area contributed by atoms with Gasteiger partial charge in [-0.2, -0.15) is 0 Å². The first kappa shape index (κ1) is 16.6. The van der Waals surface area contributed by atoms with Crippen molar-refractivity contribution in [3.05, 3.63) is 28.8 Å². The Bertz CT molecular complexity index is 488. The Labute approximate surface area is 134 Å². The van der Waals surface area contributed by atoms with Gasteiger partial charge in [0.1, 0.15) is 5.75 Å². The van der Waals surface area contributed by atoms with Crippen molar-refractivity contribution < 1.29 is 4.74 Å². The summed E-state index contributed by atoms with van der Waals surface area (Å²) in [5, 5.41) is 4.43. The SMILES string of the molecule is COc1ccc(Cl)cc1C1(CNCC(C)C)CC(C)(C)C1. The predicted molar refractivity (Wildman–Crippen MR) is 90.4 cm³/mol. The zero-order valence-electron chi connectivity index (χ0n) is 13.9. The molecular weight excluding hydrogens is 282 g/mol. The van der Waals surface area contributed by atoms with Crippen LogP contribution in [-0.4, -0.2) is 20.2 Å². The Hall–Kier alpha value is -0.730. The molecule has 0 radical (unpaired) electrons. The van der Waals surface area contributed by atoms with Gasteiger partial charge in [-0.3, -0.25) is 0 Å². The second-order valence-corrected chi connectivity index (χ2v) is 8.10. The standard InChI is InChI=1S/C18H28ClNO/c1-13(2)9-20-12-18(10-17(3,4)11-18)15-8-14(19)6-7-16(15)21-5/h6-8,13,20H,9-12H2,1-5H3. The molecule has 0 aliphatic heterocycles. The number of nitrogens with one attached hydrogen (secondary N) is 1. The van der Waals surface area contributed by atoms with Crippen molar-refractivity contribution in [3.8, 4) is 5.75 Å². The zero-order valence-corrected chi connectivity index (χ0v) is 14.7. The Balaban J connectivity index is 2.26. The lowest BCUT2D eigenvalue weighted by atomic mass is 9.51. The Morgan fingerprint density at radius 3 is 2.48 bits per heavy atom. The molecule has 2 nitrogen and oxygen atoms in total. The minimum absolute atomic E-state index is 0.147. The number of rotatable bonds is 6. The lowest BCUT2D eigenvalue weighted by molar-refractivity contribution is 0.0539. The minimum atomic E-state index is 0.147. The molecular formula is C18H28ClNO. The van der Waals surface area contributed by atoms with Crippen LogP contribution >= 0.6 is 11.6 Å². The number of hydrogen-bond acceptors (Lipinski definition) is 2. The van der Waals surface area contributed by atoms with E-state index in [1.54, 1.807) is 7.11 Å². The van der Waals surface area contributed by atoms with Gasteiger partial charge >= 0.3 is 0 Å².